The predicted molar refractivity (Wildman–Crippen MR) is 45.7 cm³/mol. The number of pyridine rings is 1. The van der Waals surface area contributed by atoms with Crippen molar-refractivity contribution in [3.05, 3.63) is 23.9 Å². The summed E-state index contributed by atoms with van der Waals surface area (Å²) >= 11 is 0. The maximum absolute atomic E-state index is 11.7. The maximum atomic E-state index is 11.7. The summed E-state index contributed by atoms with van der Waals surface area (Å²) in [4.78, 5) is 14.5. The lowest BCUT2D eigenvalue weighted by Gasteiger charge is -2.03. The molecule has 3 nitrogen and oxygen atoms in total. The average molecular weight is 201 g/mol. The van der Waals surface area contributed by atoms with Crippen molar-refractivity contribution in [2.75, 3.05) is 6.61 Å². The molecule has 0 saturated heterocycles. The molecule has 0 aliphatic heterocycles. The van der Waals surface area contributed by atoms with Crippen LogP contribution in [0.5, 0.6) is 5.88 Å². The molecule has 0 atom stereocenters. The van der Waals surface area contributed by atoms with Crippen molar-refractivity contribution in [1.29, 1.82) is 0 Å². The Bertz CT molecular complexity index is 311. The third-order valence-electron chi connectivity index (χ3n) is 1.50. The van der Waals surface area contributed by atoms with Crippen LogP contribution in [-0.2, 0) is 0 Å². The standard InChI is InChI=1S/C9H9F2NO2/c1-6(13)7-2-3-9(12-4-7)14-5-8(10)11/h2-4,8H,5H2,1H3. The summed E-state index contributed by atoms with van der Waals surface area (Å²) in [5.74, 6) is -0.0341. The first-order chi connectivity index (χ1) is 6.59. The first kappa shape index (κ1) is 10.6. The van der Waals surface area contributed by atoms with Crippen molar-refractivity contribution in [1.82, 2.24) is 4.98 Å². The van der Waals surface area contributed by atoms with E-state index in [1.54, 1.807) is 0 Å². The van der Waals surface area contributed by atoms with Gasteiger partial charge in [0.25, 0.3) is 6.43 Å². The third-order valence-corrected chi connectivity index (χ3v) is 1.50. The van der Waals surface area contributed by atoms with Gasteiger partial charge >= 0.3 is 0 Å². The molecule has 0 saturated carbocycles. The smallest absolute Gasteiger partial charge is 0.272 e. The van der Waals surface area contributed by atoms with Crippen molar-refractivity contribution in [2.45, 2.75) is 13.3 Å². The van der Waals surface area contributed by atoms with Gasteiger partial charge in [-0.15, -0.1) is 0 Å². The summed E-state index contributed by atoms with van der Waals surface area (Å²) < 4.78 is 28.1. The zero-order valence-electron chi connectivity index (χ0n) is 7.54. The van der Waals surface area contributed by atoms with Gasteiger partial charge < -0.3 is 4.74 Å². The summed E-state index contributed by atoms with van der Waals surface area (Å²) in [7, 11) is 0. The van der Waals surface area contributed by atoms with E-state index in [1.165, 1.54) is 25.3 Å². The van der Waals surface area contributed by atoms with Gasteiger partial charge in [-0.3, -0.25) is 4.79 Å². The molecule has 0 bridgehead atoms. The van der Waals surface area contributed by atoms with Crippen LogP contribution in [-0.4, -0.2) is 23.8 Å². The van der Waals surface area contributed by atoms with Crippen molar-refractivity contribution in [3.63, 3.8) is 0 Å². The van der Waals surface area contributed by atoms with E-state index in [4.69, 9.17) is 0 Å². The molecule has 0 fully saturated rings. The summed E-state index contributed by atoms with van der Waals surface area (Å²) in [6, 6.07) is 2.87. The topological polar surface area (TPSA) is 39.2 Å². The van der Waals surface area contributed by atoms with Gasteiger partial charge in [0.2, 0.25) is 5.88 Å². The second-order valence-corrected chi connectivity index (χ2v) is 2.64. The predicted octanol–water partition coefficient (Wildman–Crippen LogP) is 1.93. The second kappa shape index (κ2) is 4.64. The molecule has 1 aromatic rings. The number of carbonyl (C=O) groups is 1. The zero-order chi connectivity index (χ0) is 10.6. The van der Waals surface area contributed by atoms with Crippen LogP contribution < -0.4 is 4.74 Å². The van der Waals surface area contributed by atoms with Crippen LogP contribution in [0.1, 0.15) is 17.3 Å². The fourth-order valence-corrected chi connectivity index (χ4v) is 0.822. The van der Waals surface area contributed by atoms with Crippen molar-refractivity contribution in [2.24, 2.45) is 0 Å². The monoisotopic (exact) mass is 201 g/mol. The van der Waals surface area contributed by atoms with Crippen LogP contribution in [0.25, 0.3) is 0 Å². The highest BCUT2D eigenvalue weighted by atomic mass is 19.3. The molecular weight excluding hydrogens is 192 g/mol. The number of ether oxygens (including phenoxy) is 1. The summed E-state index contributed by atoms with van der Waals surface area (Å²) in [5, 5.41) is 0. The largest absolute Gasteiger partial charge is 0.472 e. The van der Waals surface area contributed by atoms with Gasteiger partial charge in [0.1, 0.15) is 0 Å². The highest BCUT2D eigenvalue weighted by Crippen LogP contribution is 2.08. The Morgan fingerprint density at radius 2 is 2.29 bits per heavy atom. The molecule has 0 radical (unpaired) electrons. The Hall–Kier alpha value is -1.52. The van der Waals surface area contributed by atoms with Crippen LogP contribution in [0, 0.1) is 0 Å². The fraction of sp³-hybridized carbons (Fsp3) is 0.333. The fourth-order valence-electron chi connectivity index (χ4n) is 0.822. The minimum absolute atomic E-state index is 0.0929. The van der Waals surface area contributed by atoms with Crippen LogP contribution in [0.4, 0.5) is 8.78 Å². The minimum atomic E-state index is -2.52. The quantitative estimate of drug-likeness (QED) is 0.698. The van der Waals surface area contributed by atoms with E-state index >= 15 is 0 Å². The van der Waals surface area contributed by atoms with Crippen LogP contribution in [0.3, 0.4) is 0 Å². The molecule has 0 aliphatic rings. The second-order valence-electron chi connectivity index (χ2n) is 2.64. The van der Waals surface area contributed by atoms with Crippen LogP contribution in [0.15, 0.2) is 18.3 Å². The number of carbonyl (C=O) groups excluding carboxylic acids is 1. The Labute approximate surface area is 79.7 Å². The van der Waals surface area contributed by atoms with E-state index in [2.05, 4.69) is 9.72 Å². The molecule has 0 N–H and O–H groups in total. The first-order valence-electron chi connectivity index (χ1n) is 3.97. The number of alkyl halides is 2. The number of ketones is 1. The van der Waals surface area contributed by atoms with Crippen molar-refractivity contribution >= 4 is 5.78 Å². The molecule has 0 aromatic carbocycles. The average Bonchev–Trinajstić information content (AvgIpc) is 2.15. The van der Waals surface area contributed by atoms with E-state index in [0.29, 0.717) is 5.56 Å². The summed E-state index contributed by atoms with van der Waals surface area (Å²) in [6.45, 7) is 0.711. The summed E-state index contributed by atoms with van der Waals surface area (Å²) in [6.07, 6.45) is -1.23. The number of aromatic nitrogens is 1. The molecular formula is C9H9F2NO2. The van der Waals surface area contributed by atoms with E-state index in [-0.39, 0.29) is 11.7 Å². The maximum Gasteiger partial charge on any atom is 0.272 e. The molecule has 76 valence electrons. The lowest BCUT2D eigenvalue weighted by molar-refractivity contribution is 0.0795. The van der Waals surface area contributed by atoms with Crippen LogP contribution in [0.2, 0.25) is 0 Å². The third kappa shape index (κ3) is 3.08. The molecule has 1 heterocycles. The highest BCUT2D eigenvalue weighted by Gasteiger charge is 2.05. The van der Waals surface area contributed by atoms with Gasteiger partial charge in [0.15, 0.2) is 12.4 Å². The first-order valence-corrected chi connectivity index (χ1v) is 3.97. The zero-order valence-corrected chi connectivity index (χ0v) is 7.54. The van der Waals surface area contributed by atoms with Gasteiger partial charge in [-0.1, -0.05) is 0 Å². The number of halogens is 2. The van der Waals surface area contributed by atoms with Crippen molar-refractivity contribution < 1.29 is 18.3 Å². The highest BCUT2D eigenvalue weighted by molar-refractivity contribution is 5.93. The SMILES string of the molecule is CC(=O)c1ccc(OCC(F)F)nc1. The lowest BCUT2D eigenvalue weighted by Crippen LogP contribution is -2.08. The van der Waals surface area contributed by atoms with Gasteiger partial charge in [-0.05, 0) is 13.0 Å². The van der Waals surface area contributed by atoms with Gasteiger partial charge in [0, 0.05) is 17.8 Å². The molecule has 0 amide bonds. The van der Waals surface area contributed by atoms with Gasteiger partial charge in [-0.25, -0.2) is 13.8 Å². The molecule has 1 rings (SSSR count). The van der Waals surface area contributed by atoms with E-state index in [9.17, 15) is 13.6 Å². The van der Waals surface area contributed by atoms with Gasteiger partial charge in [0.05, 0.1) is 0 Å². The summed E-state index contributed by atoms with van der Waals surface area (Å²) in [5.41, 5.74) is 0.425. The number of nitrogens with zero attached hydrogens (tertiary/aromatic N) is 1. The van der Waals surface area contributed by atoms with E-state index in [0.717, 1.165) is 0 Å². The van der Waals surface area contributed by atoms with E-state index < -0.39 is 13.0 Å². The normalized spacial score (nSPS) is 10.3. The molecule has 0 spiro atoms. The number of hydrogen-bond donors (Lipinski definition) is 0. The molecule has 1 aromatic heterocycles. The number of rotatable bonds is 4. The lowest BCUT2D eigenvalue weighted by atomic mass is 10.2. The Morgan fingerprint density at radius 3 is 2.71 bits per heavy atom. The molecule has 0 unspecified atom stereocenters. The molecule has 14 heavy (non-hydrogen) atoms. The Balaban J connectivity index is 2.60. The molecule has 0 aliphatic carbocycles. The number of Topliss-reactive ketones (excluding diaryl/α,β-unsaturated/α-hetero) is 1. The molecule has 5 heteroatoms. The van der Waals surface area contributed by atoms with Gasteiger partial charge in [-0.2, -0.15) is 0 Å². The Morgan fingerprint density at radius 1 is 1.57 bits per heavy atom. The van der Waals surface area contributed by atoms with Crippen LogP contribution >= 0.6 is 0 Å². The van der Waals surface area contributed by atoms with E-state index in [1.807, 2.05) is 0 Å². The Kier molecular flexibility index (Phi) is 3.50. The number of hydrogen-bond acceptors (Lipinski definition) is 3. The minimum Gasteiger partial charge on any atom is -0.472 e. The van der Waals surface area contributed by atoms with Crippen molar-refractivity contribution in [3.8, 4) is 5.88 Å².